The van der Waals surface area contributed by atoms with E-state index in [2.05, 4.69) is 43.4 Å². The van der Waals surface area contributed by atoms with Crippen LogP contribution in [0.1, 0.15) is 0 Å². The Morgan fingerprint density at radius 3 is 1.71 bits per heavy atom. The van der Waals surface area contributed by atoms with Gasteiger partial charge < -0.3 is 9.47 Å². The van der Waals surface area contributed by atoms with Gasteiger partial charge in [-0.3, -0.25) is 0 Å². The van der Waals surface area contributed by atoms with Gasteiger partial charge in [0.05, 0.1) is 23.0 Å². The van der Waals surface area contributed by atoms with E-state index in [1.54, 1.807) is 14.2 Å². The highest BCUT2D eigenvalue weighted by Crippen LogP contribution is 2.37. The highest BCUT2D eigenvalue weighted by Gasteiger charge is 2.15. The highest BCUT2D eigenvalue weighted by molar-refractivity contribution is 7.26. The van der Waals surface area contributed by atoms with Gasteiger partial charge in [0.15, 0.2) is 0 Å². The number of ether oxygens (including phenoxy) is 2. The average Bonchev–Trinajstić information content (AvgIpc) is 3.07. The van der Waals surface area contributed by atoms with Crippen molar-refractivity contribution in [2.24, 2.45) is 0 Å². The van der Waals surface area contributed by atoms with Crippen molar-refractivity contribution < 1.29 is 9.47 Å². The molecule has 0 aliphatic rings. The summed E-state index contributed by atoms with van der Waals surface area (Å²) in [5.74, 6) is 1.78. The Balaban J connectivity index is 2.09. The third-order valence-corrected chi connectivity index (χ3v) is 8.16. The summed E-state index contributed by atoms with van der Waals surface area (Å²) in [4.78, 5) is 1.33. The molecule has 0 N–H and O–H groups in total. The smallest absolute Gasteiger partial charge is 0.118 e. The molecule has 0 radical (unpaired) electrons. The van der Waals surface area contributed by atoms with Crippen molar-refractivity contribution in [1.29, 1.82) is 0 Å². The first kappa shape index (κ1) is 16.8. The summed E-state index contributed by atoms with van der Waals surface area (Å²) < 4.78 is 12.1. The number of thiophene rings is 1. The lowest BCUT2D eigenvalue weighted by Gasteiger charge is -2.07. The van der Waals surface area contributed by atoms with E-state index in [4.69, 9.17) is 9.47 Å². The average molecular weight is 355 g/mol. The summed E-state index contributed by atoms with van der Waals surface area (Å²) in [6.45, 7) is 4.75. The van der Waals surface area contributed by atoms with Crippen LogP contribution in [0.15, 0.2) is 54.6 Å². The number of methoxy groups -OCH3 is 2. The van der Waals surface area contributed by atoms with Crippen molar-refractivity contribution in [3.05, 3.63) is 54.6 Å². The van der Waals surface area contributed by atoms with Gasteiger partial charge in [-0.2, -0.15) is 0 Å². The van der Waals surface area contributed by atoms with E-state index in [1.807, 2.05) is 35.6 Å². The Morgan fingerprint density at radius 1 is 0.750 bits per heavy atom. The molecule has 0 unspecified atom stereocenters. The van der Waals surface area contributed by atoms with Gasteiger partial charge in [-0.25, -0.2) is 0 Å². The topological polar surface area (TPSA) is 18.5 Å². The third-order valence-electron chi connectivity index (χ3n) is 4.07. The number of hydrogen-bond acceptors (Lipinski definition) is 3. The van der Waals surface area contributed by atoms with Crippen molar-refractivity contribution in [3.63, 3.8) is 0 Å². The van der Waals surface area contributed by atoms with Crippen LogP contribution < -0.4 is 14.0 Å². The summed E-state index contributed by atoms with van der Waals surface area (Å²) in [6.07, 6.45) is 0. The van der Waals surface area contributed by atoms with Crippen LogP contribution in [-0.4, -0.2) is 23.0 Å². The molecular formula is C20H22O2SSi. The maximum atomic E-state index is 5.29. The molecular weight excluding hydrogens is 332 g/mol. The van der Waals surface area contributed by atoms with Gasteiger partial charge in [-0.15, -0.1) is 11.3 Å². The van der Waals surface area contributed by atoms with E-state index in [0.29, 0.717) is 0 Å². The predicted molar refractivity (Wildman–Crippen MR) is 107 cm³/mol. The summed E-state index contributed by atoms with van der Waals surface area (Å²) in [7, 11) is 2.55. The second-order valence-corrected chi connectivity index (χ2v) is 10.4. The second-order valence-electron chi connectivity index (χ2n) is 6.00. The predicted octanol–water partition coefficient (Wildman–Crippen LogP) is 4.79. The van der Waals surface area contributed by atoms with Crippen LogP contribution in [0.25, 0.3) is 21.6 Å². The molecule has 3 rings (SSSR count). The number of rotatable bonds is 5. The summed E-state index contributed by atoms with van der Waals surface area (Å²) in [5.41, 5.74) is 3.79. The zero-order chi connectivity index (χ0) is 17.1. The second kappa shape index (κ2) is 7.24. The molecule has 0 saturated heterocycles. The molecule has 0 saturated carbocycles. The molecule has 0 amide bonds. The molecule has 0 bridgehead atoms. The van der Waals surface area contributed by atoms with E-state index in [9.17, 15) is 0 Å². The summed E-state index contributed by atoms with van der Waals surface area (Å²) >= 11 is 1.93. The van der Waals surface area contributed by atoms with Crippen LogP contribution in [0.3, 0.4) is 0 Å². The Kier molecular flexibility index (Phi) is 5.07. The zero-order valence-corrected chi connectivity index (χ0v) is 16.5. The van der Waals surface area contributed by atoms with E-state index in [0.717, 1.165) is 11.5 Å². The SMILES string of the molecule is COc1ccc(-c2cc([SiH](C)C)sc2-c2ccc(OC)cc2)cc1. The monoisotopic (exact) mass is 354 g/mol. The normalized spacial score (nSPS) is 10.9. The maximum absolute atomic E-state index is 5.29. The van der Waals surface area contributed by atoms with Gasteiger partial charge in [0.25, 0.3) is 0 Å². The minimum atomic E-state index is -0.846. The summed E-state index contributed by atoms with van der Waals surface area (Å²) in [6, 6.07) is 19.0. The molecule has 0 spiro atoms. The Labute approximate surface area is 149 Å². The lowest BCUT2D eigenvalue weighted by molar-refractivity contribution is 0.414. The lowest BCUT2D eigenvalue weighted by atomic mass is 10.0. The van der Waals surface area contributed by atoms with Gasteiger partial charge in [0.1, 0.15) is 11.5 Å². The quantitative estimate of drug-likeness (QED) is 0.613. The first-order valence-corrected chi connectivity index (χ1v) is 11.7. The Hall–Kier alpha value is -2.04. The molecule has 2 aromatic carbocycles. The molecule has 3 aromatic rings. The molecule has 2 nitrogen and oxygen atoms in total. The molecule has 1 aromatic heterocycles. The van der Waals surface area contributed by atoms with E-state index >= 15 is 0 Å². The Morgan fingerprint density at radius 2 is 1.25 bits per heavy atom. The van der Waals surface area contributed by atoms with Crippen LogP contribution in [0.2, 0.25) is 13.1 Å². The van der Waals surface area contributed by atoms with Gasteiger partial charge >= 0.3 is 0 Å². The van der Waals surface area contributed by atoms with E-state index in [-0.39, 0.29) is 0 Å². The highest BCUT2D eigenvalue weighted by atomic mass is 32.1. The third kappa shape index (κ3) is 3.40. The molecule has 0 aliphatic carbocycles. The lowest BCUT2D eigenvalue weighted by Crippen LogP contribution is -2.17. The van der Waals surface area contributed by atoms with Crippen molar-refractivity contribution >= 4 is 24.6 Å². The molecule has 24 heavy (non-hydrogen) atoms. The minimum absolute atomic E-state index is 0.846. The van der Waals surface area contributed by atoms with Gasteiger partial charge in [-0.1, -0.05) is 25.2 Å². The van der Waals surface area contributed by atoms with Gasteiger partial charge in [0.2, 0.25) is 0 Å². The largest absolute Gasteiger partial charge is 0.497 e. The van der Waals surface area contributed by atoms with Crippen molar-refractivity contribution in [2.75, 3.05) is 14.2 Å². The van der Waals surface area contributed by atoms with Crippen LogP contribution >= 0.6 is 11.3 Å². The molecule has 0 fully saturated rings. The van der Waals surface area contributed by atoms with Crippen molar-refractivity contribution in [1.82, 2.24) is 0 Å². The summed E-state index contributed by atoms with van der Waals surface area (Å²) in [5, 5.41) is 0. The van der Waals surface area contributed by atoms with E-state index in [1.165, 1.54) is 26.1 Å². The van der Waals surface area contributed by atoms with Crippen molar-refractivity contribution in [2.45, 2.75) is 13.1 Å². The van der Waals surface area contributed by atoms with E-state index < -0.39 is 8.80 Å². The maximum Gasteiger partial charge on any atom is 0.118 e. The number of hydrogen-bond donors (Lipinski definition) is 0. The molecule has 1 heterocycles. The van der Waals surface area contributed by atoms with Crippen molar-refractivity contribution in [3.8, 4) is 33.1 Å². The zero-order valence-electron chi connectivity index (χ0n) is 14.5. The van der Waals surface area contributed by atoms with Gasteiger partial charge in [-0.05, 0) is 58.1 Å². The molecule has 0 aliphatic heterocycles. The Bertz CT molecular complexity index is 740. The van der Waals surface area contributed by atoms with Crippen LogP contribution in [0.4, 0.5) is 0 Å². The number of benzene rings is 2. The first-order valence-electron chi connectivity index (χ1n) is 8.05. The fraction of sp³-hybridized carbons (Fsp3) is 0.200. The first-order chi connectivity index (χ1) is 11.6. The van der Waals surface area contributed by atoms with Crippen LogP contribution in [-0.2, 0) is 0 Å². The standard InChI is InChI=1S/C20H22O2SSi/c1-21-16-9-5-14(6-10-16)18-13-19(24(3)4)23-20(18)15-7-11-17(22-2)12-8-15/h5-13,24H,1-4H3. The molecule has 124 valence electrons. The fourth-order valence-corrected chi connectivity index (χ4v) is 5.39. The minimum Gasteiger partial charge on any atom is -0.497 e. The van der Waals surface area contributed by atoms with Crippen LogP contribution in [0.5, 0.6) is 11.5 Å². The van der Waals surface area contributed by atoms with Crippen LogP contribution in [0, 0.1) is 0 Å². The van der Waals surface area contributed by atoms with Gasteiger partial charge in [0, 0.05) is 10.4 Å². The molecule has 0 atom stereocenters. The molecule has 4 heteroatoms. The fourth-order valence-electron chi connectivity index (χ4n) is 2.64.